The summed E-state index contributed by atoms with van der Waals surface area (Å²) >= 11 is 0. The van der Waals surface area contributed by atoms with Gasteiger partial charge in [-0.25, -0.2) is 13.1 Å². The molecule has 0 aliphatic heterocycles. The third-order valence-corrected chi connectivity index (χ3v) is 5.48. The summed E-state index contributed by atoms with van der Waals surface area (Å²) in [5.41, 5.74) is 0. The van der Waals surface area contributed by atoms with Gasteiger partial charge in [0.2, 0.25) is 5.09 Å². The van der Waals surface area contributed by atoms with E-state index >= 15 is 0 Å². The van der Waals surface area contributed by atoms with Crippen molar-refractivity contribution in [1.82, 2.24) is 10.0 Å². The fraction of sp³-hybridized carbons (Fsp3) is 0.692. The number of sulfonamides is 1. The van der Waals surface area contributed by atoms with E-state index in [2.05, 4.69) is 23.9 Å². The van der Waals surface area contributed by atoms with E-state index < -0.39 is 20.8 Å². The van der Waals surface area contributed by atoms with Crippen LogP contribution in [0.4, 0.5) is 0 Å². The van der Waals surface area contributed by atoms with Crippen molar-refractivity contribution in [1.29, 1.82) is 0 Å². The summed E-state index contributed by atoms with van der Waals surface area (Å²) < 4.78 is 43.0. The molecule has 0 saturated heterocycles. The summed E-state index contributed by atoms with van der Waals surface area (Å²) in [5, 5.41) is 2.82. The Morgan fingerprint density at radius 2 is 1.90 bits per heavy atom. The van der Waals surface area contributed by atoms with Crippen LogP contribution < -0.4 is 10.0 Å². The maximum atomic E-state index is 12.0. The molecule has 2 unspecified atom stereocenters. The Morgan fingerprint density at radius 3 is 2.48 bits per heavy atom. The van der Waals surface area contributed by atoms with Crippen molar-refractivity contribution in [3.63, 3.8) is 0 Å². The second kappa shape index (κ2) is 8.07. The second-order valence-electron chi connectivity index (χ2n) is 5.41. The molecule has 8 heteroatoms. The lowest BCUT2D eigenvalue weighted by molar-refractivity contribution is 0.394. The standard InChI is InChI=1S/C13H24N2O4S2/c1-10(2)7-14-9-12-5-6-13(19-12)21(17,18)15-8-11(3)20(4)16/h5-6,10-11,14-15H,7-9H2,1-4H3. The smallest absolute Gasteiger partial charge is 0.273 e. The SMILES string of the molecule is CC(C)CNCc1ccc(S(=O)(=O)NCC(C)S(C)=O)o1. The van der Waals surface area contributed by atoms with Crippen LogP contribution in [0.2, 0.25) is 0 Å². The second-order valence-corrected chi connectivity index (χ2v) is 8.91. The maximum absolute atomic E-state index is 12.0. The zero-order valence-corrected chi connectivity index (χ0v) is 14.5. The predicted molar refractivity (Wildman–Crippen MR) is 84.0 cm³/mol. The van der Waals surface area contributed by atoms with Crippen molar-refractivity contribution in [3.8, 4) is 0 Å². The number of hydrogen-bond donors (Lipinski definition) is 2. The molecule has 0 aliphatic rings. The molecule has 0 bridgehead atoms. The Morgan fingerprint density at radius 1 is 1.24 bits per heavy atom. The van der Waals surface area contributed by atoms with Crippen LogP contribution in [0.5, 0.6) is 0 Å². The summed E-state index contributed by atoms with van der Waals surface area (Å²) in [4.78, 5) is 0. The summed E-state index contributed by atoms with van der Waals surface area (Å²) in [6.07, 6.45) is 1.55. The molecule has 0 fully saturated rings. The molecule has 0 saturated carbocycles. The molecule has 0 aromatic carbocycles. The first-order valence-corrected chi connectivity index (χ1v) is 9.94. The van der Waals surface area contributed by atoms with Gasteiger partial charge < -0.3 is 9.73 Å². The third kappa shape index (κ3) is 6.29. The lowest BCUT2D eigenvalue weighted by Crippen LogP contribution is -2.32. The highest BCUT2D eigenvalue weighted by atomic mass is 32.2. The molecule has 2 N–H and O–H groups in total. The summed E-state index contributed by atoms with van der Waals surface area (Å²) in [7, 11) is -4.76. The Kier molecular flexibility index (Phi) is 7.05. The molecule has 0 radical (unpaired) electrons. The quantitative estimate of drug-likeness (QED) is 0.704. The van der Waals surface area contributed by atoms with Gasteiger partial charge >= 0.3 is 0 Å². The highest BCUT2D eigenvalue weighted by molar-refractivity contribution is 7.89. The van der Waals surface area contributed by atoms with E-state index in [0.717, 1.165) is 6.54 Å². The maximum Gasteiger partial charge on any atom is 0.273 e. The van der Waals surface area contributed by atoms with E-state index in [4.69, 9.17) is 4.42 Å². The molecule has 2 atom stereocenters. The van der Waals surface area contributed by atoms with Gasteiger partial charge in [0.25, 0.3) is 10.0 Å². The van der Waals surface area contributed by atoms with Gasteiger partial charge in [-0.15, -0.1) is 0 Å². The first-order valence-electron chi connectivity index (χ1n) is 6.83. The van der Waals surface area contributed by atoms with Gasteiger partial charge in [0.05, 0.1) is 6.54 Å². The molecule has 1 rings (SSSR count). The molecule has 6 nitrogen and oxygen atoms in total. The largest absolute Gasteiger partial charge is 0.447 e. The van der Waals surface area contributed by atoms with E-state index in [0.29, 0.717) is 18.2 Å². The van der Waals surface area contributed by atoms with Crippen LogP contribution in [0.1, 0.15) is 26.5 Å². The minimum Gasteiger partial charge on any atom is -0.447 e. The van der Waals surface area contributed by atoms with E-state index in [1.807, 2.05) is 0 Å². The van der Waals surface area contributed by atoms with E-state index in [1.54, 1.807) is 19.2 Å². The zero-order chi connectivity index (χ0) is 16.0. The van der Waals surface area contributed by atoms with Crippen LogP contribution in [-0.2, 0) is 27.4 Å². The number of nitrogens with one attached hydrogen (secondary N) is 2. The summed E-state index contributed by atoms with van der Waals surface area (Å²) in [5.74, 6) is 1.09. The average Bonchev–Trinajstić information content (AvgIpc) is 2.85. The van der Waals surface area contributed by atoms with E-state index in [1.165, 1.54) is 6.07 Å². The fourth-order valence-corrected chi connectivity index (χ4v) is 3.00. The molecule has 1 heterocycles. The predicted octanol–water partition coefficient (Wildman–Crippen LogP) is 1.07. The Labute approximate surface area is 129 Å². The van der Waals surface area contributed by atoms with Crippen molar-refractivity contribution in [2.75, 3.05) is 19.3 Å². The monoisotopic (exact) mass is 336 g/mol. The third-order valence-electron chi connectivity index (χ3n) is 2.88. The first kappa shape index (κ1) is 18.3. The van der Waals surface area contributed by atoms with Gasteiger partial charge in [-0.2, -0.15) is 0 Å². The molecule has 0 spiro atoms. The fourth-order valence-electron chi connectivity index (χ4n) is 1.50. The minimum absolute atomic E-state index is 0.113. The highest BCUT2D eigenvalue weighted by Gasteiger charge is 2.20. The lowest BCUT2D eigenvalue weighted by atomic mass is 10.2. The molecular formula is C13H24N2O4S2. The van der Waals surface area contributed by atoms with Gasteiger partial charge in [0.1, 0.15) is 5.76 Å². The highest BCUT2D eigenvalue weighted by Crippen LogP contribution is 2.14. The molecular weight excluding hydrogens is 312 g/mol. The van der Waals surface area contributed by atoms with Crippen LogP contribution in [0.15, 0.2) is 21.6 Å². The van der Waals surface area contributed by atoms with Crippen molar-refractivity contribution in [2.45, 2.75) is 37.7 Å². The van der Waals surface area contributed by atoms with Crippen molar-refractivity contribution in [3.05, 3.63) is 17.9 Å². The van der Waals surface area contributed by atoms with Crippen LogP contribution in [0.25, 0.3) is 0 Å². The van der Waals surface area contributed by atoms with Gasteiger partial charge in [-0.05, 0) is 31.5 Å². The molecule has 0 aliphatic carbocycles. The Bertz CT molecular complexity index is 566. The molecule has 1 aromatic heterocycles. The van der Waals surface area contributed by atoms with Gasteiger partial charge in [-0.1, -0.05) is 13.8 Å². The first-order chi connectivity index (χ1) is 9.72. The number of rotatable bonds is 9. The van der Waals surface area contributed by atoms with Crippen LogP contribution in [0.3, 0.4) is 0 Å². The van der Waals surface area contributed by atoms with Crippen molar-refractivity contribution >= 4 is 20.8 Å². The van der Waals surface area contributed by atoms with Crippen LogP contribution in [0, 0.1) is 5.92 Å². The number of furan rings is 1. The van der Waals surface area contributed by atoms with Gasteiger partial charge in [0, 0.05) is 28.9 Å². The van der Waals surface area contributed by atoms with Crippen molar-refractivity contribution in [2.24, 2.45) is 5.92 Å². The average molecular weight is 336 g/mol. The van der Waals surface area contributed by atoms with Crippen LogP contribution >= 0.6 is 0 Å². The molecule has 122 valence electrons. The molecule has 1 aromatic rings. The van der Waals surface area contributed by atoms with Gasteiger partial charge in [0.15, 0.2) is 0 Å². The summed E-state index contributed by atoms with van der Waals surface area (Å²) in [6, 6.07) is 3.07. The topological polar surface area (TPSA) is 88.4 Å². The van der Waals surface area contributed by atoms with E-state index in [9.17, 15) is 12.6 Å². The van der Waals surface area contributed by atoms with Crippen molar-refractivity contribution < 1.29 is 17.0 Å². The van der Waals surface area contributed by atoms with Crippen LogP contribution in [-0.4, -0.2) is 37.2 Å². The van der Waals surface area contributed by atoms with Gasteiger partial charge in [-0.3, -0.25) is 4.21 Å². The van der Waals surface area contributed by atoms with E-state index in [-0.39, 0.29) is 16.9 Å². The normalized spacial score (nSPS) is 15.3. The minimum atomic E-state index is -3.69. The molecule has 0 amide bonds. The Hall–Kier alpha value is -0.700. The molecule has 21 heavy (non-hydrogen) atoms. The zero-order valence-electron chi connectivity index (χ0n) is 12.9. The Balaban J connectivity index is 2.59. The lowest BCUT2D eigenvalue weighted by Gasteiger charge is -2.09. The summed E-state index contributed by atoms with van der Waals surface area (Å²) in [6.45, 7) is 7.35. The number of hydrogen-bond acceptors (Lipinski definition) is 5.